The van der Waals surface area contributed by atoms with Crippen LogP contribution in [0.1, 0.15) is 32.6 Å². The summed E-state index contributed by atoms with van der Waals surface area (Å²) < 4.78 is 0. The summed E-state index contributed by atoms with van der Waals surface area (Å²) in [7, 11) is 1.82. The van der Waals surface area contributed by atoms with Crippen molar-refractivity contribution < 1.29 is 14.7 Å². The zero-order valence-electron chi connectivity index (χ0n) is 12.0. The minimum absolute atomic E-state index is 0.0671. The first kappa shape index (κ1) is 14.0. The highest BCUT2D eigenvalue weighted by atomic mass is 32.2. The van der Waals surface area contributed by atoms with Gasteiger partial charge in [0.2, 0.25) is 0 Å². The maximum atomic E-state index is 12.8. The van der Waals surface area contributed by atoms with E-state index in [0.717, 1.165) is 12.8 Å². The molecule has 3 atom stereocenters. The minimum atomic E-state index is -0.874. The van der Waals surface area contributed by atoms with Gasteiger partial charge in [0.1, 0.15) is 6.04 Å². The van der Waals surface area contributed by atoms with Crippen LogP contribution in [-0.2, 0) is 4.79 Å². The molecule has 1 saturated heterocycles. The number of thioether (sulfide) groups is 1. The van der Waals surface area contributed by atoms with Crippen LogP contribution in [0.3, 0.4) is 0 Å². The van der Waals surface area contributed by atoms with Gasteiger partial charge in [-0.3, -0.25) is 4.90 Å². The van der Waals surface area contributed by atoms with Gasteiger partial charge in [-0.15, -0.1) is 11.8 Å². The lowest BCUT2D eigenvalue weighted by Crippen LogP contribution is -2.53. The largest absolute Gasteiger partial charge is 0.480 e. The predicted octanol–water partition coefficient (Wildman–Crippen LogP) is 2.07. The molecule has 112 valence electrons. The second kappa shape index (κ2) is 5.13. The Hall–Kier alpha value is -0.910. The fraction of sp³-hybridized carbons (Fsp3) is 0.857. The molecular weight excluding hydrogens is 276 g/mol. The Morgan fingerprint density at radius 1 is 1.30 bits per heavy atom. The second-order valence-corrected chi connectivity index (χ2v) is 7.44. The molecule has 3 rings (SSSR count). The summed E-state index contributed by atoms with van der Waals surface area (Å²) in [6, 6.07) is -0.548. The van der Waals surface area contributed by atoms with Gasteiger partial charge in [-0.2, -0.15) is 0 Å². The lowest BCUT2D eigenvalue weighted by Gasteiger charge is -2.34. The molecule has 0 spiro atoms. The molecule has 0 aromatic rings. The first-order valence-corrected chi connectivity index (χ1v) is 8.45. The smallest absolute Gasteiger partial charge is 0.327 e. The quantitative estimate of drug-likeness (QED) is 0.863. The van der Waals surface area contributed by atoms with E-state index in [1.54, 1.807) is 21.6 Å². The van der Waals surface area contributed by atoms with Gasteiger partial charge in [-0.1, -0.05) is 0 Å². The van der Waals surface area contributed by atoms with Crippen molar-refractivity contribution in [2.75, 3.05) is 12.8 Å². The van der Waals surface area contributed by atoms with Gasteiger partial charge in [0.05, 0.1) is 5.37 Å². The highest BCUT2D eigenvalue weighted by molar-refractivity contribution is 8.00. The second-order valence-electron chi connectivity index (χ2n) is 6.29. The first-order valence-electron chi connectivity index (χ1n) is 7.40. The van der Waals surface area contributed by atoms with Gasteiger partial charge < -0.3 is 10.0 Å². The molecule has 1 heterocycles. The molecule has 6 heteroatoms. The van der Waals surface area contributed by atoms with Gasteiger partial charge in [-0.25, -0.2) is 9.59 Å². The molecule has 2 aliphatic carbocycles. The highest BCUT2D eigenvalue weighted by Crippen LogP contribution is 2.46. The topological polar surface area (TPSA) is 60.9 Å². The number of carbonyl (C=O) groups excluding carboxylic acids is 1. The predicted molar refractivity (Wildman–Crippen MR) is 77.6 cm³/mol. The number of hydrogen-bond acceptors (Lipinski definition) is 3. The van der Waals surface area contributed by atoms with Gasteiger partial charge in [0, 0.05) is 18.8 Å². The summed E-state index contributed by atoms with van der Waals surface area (Å²) in [5.74, 6) is 0.745. The average Bonchev–Trinajstić information content (AvgIpc) is 3.32. The van der Waals surface area contributed by atoms with Crippen LogP contribution in [0.5, 0.6) is 0 Å². The highest BCUT2D eigenvalue weighted by Gasteiger charge is 2.49. The Morgan fingerprint density at radius 3 is 2.45 bits per heavy atom. The van der Waals surface area contributed by atoms with Crippen LogP contribution in [-0.4, -0.2) is 57.2 Å². The van der Waals surface area contributed by atoms with Gasteiger partial charge in [0.15, 0.2) is 0 Å². The van der Waals surface area contributed by atoms with Crippen LogP contribution in [0.4, 0.5) is 4.79 Å². The van der Waals surface area contributed by atoms with Crippen LogP contribution in [0.2, 0.25) is 0 Å². The lowest BCUT2D eigenvalue weighted by molar-refractivity contribution is -0.141. The normalized spacial score (nSPS) is 31.2. The number of carbonyl (C=O) groups is 2. The van der Waals surface area contributed by atoms with E-state index in [1.807, 2.05) is 7.05 Å². The molecule has 0 aromatic carbocycles. The number of rotatable bonds is 4. The first-order chi connectivity index (χ1) is 9.50. The van der Waals surface area contributed by atoms with Crippen molar-refractivity contribution in [1.29, 1.82) is 0 Å². The van der Waals surface area contributed by atoms with Gasteiger partial charge >= 0.3 is 12.0 Å². The molecule has 1 N–H and O–H groups in total. The summed E-state index contributed by atoms with van der Waals surface area (Å²) in [5, 5.41) is 9.44. The van der Waals surface area contributed by atoms with Gasteiger partial charge in [0.25, 0.3) is 0 Å². The number of amides is 2. The monoisotopic (exact) mass is 298 g/mol. The van der Waals surface area contributed by atoms with Crippen molar-refractivity contribution in [2.24, 2.45) is 11.8 Å². The number of carboxylic acids is 1. The fourth-order valence-corrected chi connectivity index (χ4v) is 4.58. The van der Waals surface area contributed by atoms with E-state index in [0.29, 0.717) is 17.6 Å². The van der Waals surface area contributed by atoms with Crippen molar-refractivity contribution in [3.05, 3.63) is 0 Å². The number of carboxylic acid groups (broad SMARTS) is 1. The molecule has 2 saturated carbocycles. The van der Waals surface area contributed by atoms with E-state index < -0.39 is 12.0 Å². The van der Waals surface area contributed by atoms with Crippen molar-refractivity contribution in [3.8, 4) is 0 Å². The molecule has 20 heavy (non-hydrogen) atoms. The SMILES string of the molecule is CC(C1CC1)N(C)C(=O)N1C(C(=O)O)CSC1C1CC1. The molecule has 0 radical (unpaired) electrons. The van der Waals surface area contributed by atoms with Crippen LogP contribution < -0.4 is 0 Å². The lowest BCUT2D eigenvalue weighted by atomic mass is 10.2. The maximum Gasteiger partial charge on any atom is 0.327 e. The van der Waals surface area contributed by atoms with Crippen molar-refractivity contribution in [1.82, 2.24) is 9.80 Å². The zero-order chi connectivity index (χ0) is 14.4. The van der Waals surface area contributed by atoms with E-state index in [-0.39, 0.29) is 17.4 Å². The third-order valence-electron chi connectivity index (χ3n) is 4.78. The molecule has 3 fully saturated rings. The molecule has 2 amide bonds. The number of hydrogen-bond donors (Lipinski definition) is 1. The Balaban J connectivity index is 1.75. The van der Waals surface area contributed by atoms with Crippen molar-refractivity contribution in [2.45, 2.75) is 50.1 Å². The minimum Gasteiger partial charge on any atom is -0.480 e. The molecule has 0 bridgehead atoms. The number of nitrogens with zero attached hydrogens (tertiary/aromatic N) is 2. The van der Waals surface area contributed by atoms with Crippen molar-refractivity contribution in [3.63, 3.8) is 0 Å². The summed E-state index contributed by atoms with van der Waals surface area (Å²) >= 11 is 1.64. The van der Waals surface area contributed by atoms with E-state index >= 15 is 0 Å². The van der Waals surface area contributed by atoms with Crippen molar-refractivity contribution >= 4 is 23.8 Å². The van der Waals surface area contributed by atoms with Crippen LogP contribution >= 0.6 is 11.8 Å². The molecule has 5 nitrogen and oxygen atoms in total. The third kappa shape index (κ3) is 2.50. The fourth-order valence-electron chi connectivity index (χ4n) is 2.96. The average molecular weight is 298 g/mol. The zero-order valence-corrected chi connectivity index (χ0v) is 12.8. The van der Waals surface area contributed by atoms with Gasteiger partial charge in [-0.05, 0) is 44.4 Å². The third-order valence-corrected chi connectivity index (χ3v) is 6.24. The van der Waals surface area contributed by atoms with E-state index in [2.05, 4.69) is 6.92 Å². The molecular formula is C14H22N2O3S. The summed E-state index contributed by atoms with van der Waals surface area (Å²) in [4.78, 5) is 27.6. The Kier molecular flexibility index (Phi) is 3.60. The number of aliphatic carboxylic acids is 1. The number of urea groups is 1. The molecule has 0 aromatic heterocycles. The summed E-state index contributed by atoms with van der Waals surface area (Å²) in [5.41, 5.74) is 0. The molecule has 3 unspecified atom stereocenters. The summed E-state index contributed by atoms with van der Waals surface area (Å²) in [6.07, 6.45) is 4.61. The Bertz CT molecular complexity index is 423. The Labute approximate surface area is 123 Å². The summed E-state index contributed by atoms with van der Waals surface area (Å²) in [6.45, 7) is 2.07. The van der Waals surface area contributed by atoms with Crippen LogP contribution in [0.15, 0.2) is 0 Å². The maximum absolute atomic E-state index is 12.8. The molecule has 3 aliphatic rings. The van der Waals surface area contributed by atoms with E-state index in [1.165, 1.54) is 12.8 Å². The van der Waals surface area contributed by atoms with Crippen LogP contribution in [0, 0.1) is 11.8 Å². The van der Waals surface area contributed by atoms with Crippen LogP contribution in [0.25, 0.3) is 0 Å². The van der Waals surface area contributed by atoms with E-state index in [4.69, 9.17) is 0 Å². The standard InChI is InChI=1S/C14H22N2O3S/c1-8(9-3-4-9)15(2)14(19)16-11(13(17)18)7-20-12(16)10-5-6-10/h8-12H,3-7H2,1-2H3,(H,17,18). The molecule has 1 aliphatic heterocycles. The Morgan fingerprint density at radius 2 is 1.95 bits per heavy atom. The van der Waals surface area contributed by atoms with E-state index in [9.17, 15) is 14.7 Å².